The number of carbonyl (C=O) groups excluding carboxylic acids is 4. The maximum absolute atomic E-state index is 13.3. The summed E-state index contributed by atoms with van der Waals surface area (Å²) in [4.78, 5) is 56.7. The molecule has 0 aliphatic carbocycles. The highest BCUT2D eigenvalue weighted by atomic mass is 35.5. The zero-order valence-corrected chi connectivity index (χ0v) is 25.3. The lowest BCUT2D eigenvalue weighted by molar-refractivity contribution is -0.121. The molecule has 0 bridgehead atoms. The molecule has 9 nitrogen and oxygen atoms in total. The number of carbonyl (C=O) groups is 4. The fraction of sp³-hybridized carbons (Fsp3) is 0.125. The van der Waals surface area contributed by atoms with Gasteiger partial charge in [-0.15, -0.1) is 0 Å². The lowest BCUT2D eigenvalue weighted by Gasteiger charge is -2.15. The van der Waals surface area contributed by atoms with Crippen molar-refractivity contribution in [2.24, 2.45) is 0 Å². The average Bonchev–Trinajstić information content (AvgIpc) is 3.32. The van der Waals surface area contributed by atoms with Crippen LogP contribution in [-0.2, 0) is 14.3 Å². The van der Waals surface area contributed by atoms with Gasteiger partial charge in [0.2, 0.25) is 11.8 Å². The minimum Gasteiger partial charge on any atom is -0.497 e. The van der Waals surface area contributed by atoms with Crippen LogP contribution in [0.3, 0.4) is 0 Å². The number of amides is 2. The van der Waals surface area contributed by atoms with Crippen molar-refractivity contribution in [1.29, 1.82) is 5.26 Å². The Kier molecular flexibility index (Phi) is 9.30. The first-order chi connectivity index (χ1) is 21.2. The smallest absolute Gasteiger partial charge is 0.338 e. The van der Waals surface area contributed by atoms with Crippen LogP contribution in [0.15, 0.2) is 83.9 Å². The minimum absolute atomic E-state index is 0.107. The fourth-order valence-electron chi connectivity index (χ4n) is 4.36. The number of nitrogens with zero attached hydrogens (tertiary/aromatic N) is 3. The molecule has 1 unspecified atom stereocenters. The molecule has 0 radical (unpaired) electrons. The molecular weight excluding hydrogens is 625 g/mol. The van der Waals surface area contributed by atoms with Crippen molar-refractivity contribution in [2.45, 2.75) is 16.7 Å². The quantitative estimate of drug-likeness (QED) is 0.115. The number of hydrogen-bond acceptors (Lipinski definition) is 9. The molecule has 2 heterocycles. The Morgan fingerprint density at radius 2 is 1.68 bits per heavy atom. The standard InChI is InChI=1S/C32H21Cl2N3O6S/c1-42-23-10-4-18(5-11-23)27(38)17-43-32(41)19-2-8-22(9-3-19)37-29(39)15-28(31(37)40)44-30-21(16-35)7-13-26(36-30)20-6-12-24(33)25(34)14-20/h2-14,28H,15,17H2,1H3. The summed E-state index contributed by atoms with van der Waals surface area (Å²) in [5, 5.41) is 9.84. The van der Waals surface area contributed by atoms with Gasteiger partial charge in [0.05, 0.1) is 44.9 Å². The Morgan fingerprint density at radius 1 is 0.977 bits per heavy atom. The van der Waals surface area contributed by atoms with Gasteiger partial charge in [-0.25, -0.2) is 14.7 Å². The maximum atomic E-state index is 13.3. The lowest BCUT2D eigenvalue weighted by Crippen LogP contribution is -2.31. The van der Waals surface area contributed by atoms with Gasteiger partial charge in [0.15, 0.2) is 12.4 Å². The van der Waals surface area contributed by atoms with E-state index in [1.54, 1.807) is 54.6 Å². The number of nitriles is 1. The molecule has 1 saturated heterocycles. The van der Waals surface area contributed by atoms with E-state index >= 15 is 0 Å². The summed E-state index contributed by atoms with van der Waals surface area (Å²) in [6.45, 7) is -0.458. The predicted octanol–water partition coefficient (Wildman–Crippen LogP) is 6.40. The summed E-state index contributed by atoms with van der Waals surface area (Å²) in [6, 6.07) is 22.5. The first-order valence-corrected chi connectivity index (χ1v) is 14.7. The van der Waals surface area contributed by atoms with Crippen LogP contribution in [0, 0.1) is 11.3 Å². The number of thioether (sulfide) groups is 1. The molecule has 1 fully saturated rings. The van der Waals surface area contributed by atoms with Crippen molar-refractivity contribution >= 4 is 64.2 Å². The minimum atomic E-state index is -0.820. The van der Waals surface area contributed by atoms with Crippen LogP contribution >= 0.6 is 35.0 Å². The van der Waals surface area contributed by atoms with E-state index in [4.69, 9.17) is 32.7 Å². The van der Waals surface area contributed by atoms with Gasteiger partial charge in [-0.2, -0.15) is 5.26 Å². The molecule has 220 valence electrons. The van der Waals surface area contributed by atoms with Crippen molar-refractivity contribution < 1.29 is 28.7 Å². The Hall–Kier alpha value is -4.69. The van der Waals surface area contributed by atoms with Crippen LogP contribution in [0.2, 0.25) is 10.0 Å². The lowest BCUT2D eigenvalue weighted by atomic mass is 10.1. The van der Waals surface area contributed by atoms with E-state index in [1.807, 2.05) is 0 Å². The van der Waals surface area contributed by atoms with Crippen LogP contribution in [0.5, 0.6) is 5.75 Å². The van der Waals surface area contributed by atoms with Crippen LogP contribution < -0.4 is 9.64 Å². The molecule has 1 aromatic heterocycles. The molecule has 5 rings (SSSR count). The van der Waals surface area contributed by atoms with E-state index < -0.39 is 29.6 Å². The number of Topliss-reactive ketones (excluding diaryl/α,β-unsaturated/α-hetero) is 1. The van der Waals surface area contributed by atoms with Crippen molar-refractivity contribution in [3.8, 4) is 23.1 Å². The van der Waals surface area contributed by atoms with Gasteiger partial charge in [0.1, 0.15) is 16.8 Å². The van der Waals surface area contributed by atoms with E-state index in [0.29, 0.717) is 37.6 Å². The summed E-state index contributed by atoms with van der Waals surface area (Å²) >= 11 is 13.2. The van der Waals surface area contributed by atoms with Gasteiger partial charge < -0.3 is 9.47 Å². The number of anilines is 1. The van der Waals surface area contributed by atoms with Crippen molar-refractivity contribution in [3.05, 3.63) is 106 Å². The van der Waals surface area contributed by atoms with Crippen molar-refractivity contribution in [2.75, 3.05) is 18.6 Å². The van der Waals surface area contributed by atoms with Crippen molar-refractivity contribution in [1.82, 2.24) is 4.98 Å². The normalized spacial score (nSPS) is 14.3. The second-order valence-corrected chi connectivity index (χ2v) is 11.4. The van der Waals surface area contributed by atoms with E-state index in [2.05, 4.69) is 11.1 Å². The molecule has 44 heavy (non-hydrogen) atoms. The third-order valence-corrected chi connectivity index (χ3v) is 8.59. The zero-order valence-electron chi connectivity index (χ0n) is 23.0. The number of benzene rings is 3. The molecule has 12 heteroatoms. The van der Waals surface area contributed by atoms with E-state index in [1.165, 1.54) is 31.4 Å². The number of ether oxygens (including phenoxy) is 2. The third-order valence-electron chi connectivity index (χ3n) is 6.66. The van der Waals surface area contributed by atoms with Crippen LogP contribution in [0.1, 0.15) is 32.7 Å². The molecule has 0 N–H and O–H groups in total. The molecule has 2 amide bonds. The van der Waals surface area contributed by atoms with Crippen LogP contribution in [0.25, 0.3) is 11.3 Å². The summed E-state index contributed by atoms with van der Waals surface area (Å²) in [7, 11) is 1.51. The summed E-state index contributed by atoms with van der Waals surface area (Å²) < 4.78 is 10.2. The molecule has 0 saturated carbocycles. The Labute approximate surface area is 266 Å². The van der Waals surface area contributed by atoms with E-state index in [0.717, 1.165) is 16.7 Å². The summed E-state index contributed by atoms with van der Waals surface area (Å²) in [5.74, 6) is -1.44. The Balaban J connectivity index is 1.25. The van der Waals surface area contributed by atoms with Gasteiger partial charge in [0, 0.05) is 17.5 Å². The highest BCUT2D eigenvalue weighted by molar-refractivity contribution is 8.00. The number of rotatable bonds is 9. The predicted molar refractivity (Wildman–Crippen MR) is 165 cm³/mol. The molecule has 0 spiro atoms. The molecule has 1 aliphatic heterocycles. The number of imide groups is 1. The number of halogens is 2. The van der Waals surface area contributed by atoms with Gasteiger partial charge >= 0.3 is 5.97 Å². The van der Waals surface area contributed by atoms with E-state index in [-0.39, 0.29) is 29.0 Å². The highest BCUT2D eigenvalue weighted by Crippen LogP contribution is 2.36. The fourth-order valence-corrected chi connectivity index (χ4v) is 5.75. The van der Waals surface area contributed by atoms with Crippen molar-refractivity contribution in [3.63, 3.8) is 0 Å². The first-order valence-electron chi connectivity index (χ1n) is 13.0. The molecule has 1 atom stereocenters. The molecule has 1 aliphatic rings. The second-order valence-electron chi connectivity index (χ2n) is 9.44. The van der Waals surface area contributed by atoms with Crippen LogP contribution in [0.4, 0.5) is 5.69 Å². The number of pyridine rings is 1. The summed E-state index contributed by atoms with van der Waals surface area (Å²) in [6.07, 6.45) is -0.107. The van der Waals surface area contributed by atoms with E-state index in [9.17, 15) is 24.4 Å². The number of esters is 1. The van der Waals surface area contributed by atoms with Gasteiger partial charge in [-0.3, -0.25) is 14.4 Å². The number of ketones is 1. The molecule has 3 aromatic carbocycles. The monoisotopic (exact) mass is 645 g/mol. The number of hydrogen-bond donors (Lipinski definition) is 0. The first kappa shape index (κ1) is 30.8. The second kappa shape index (κ2) is 13.3. The SMILES string of the molecule is COc1ccc(C(=O)COC(=O)c2ccc(N3C(=O)CC(Sc4nc(-c5ccc(Cl)c(Cl)c5)ccc4C#N)C3=O)cc2)cc1. The summed E-state index contributed by atoms with van der Waals surface area (Å²) in [5.41, 5.74) is 2.23. The molecule has 4 aromatic rings. The Morgan fingerprint density at radius 3 is 2.34 bits per heavy atom. The highest BCUT2D eigenvalue weighted by Gasteiger charge is 2.41. The van der Waals surface area contributed by atoms with Crippen LogP contribution in [-0.4, -0.2) is 47.5 Å². The largest absolute Gasteiger partial charge is 0.497 e. The van der Waals surface area contributed by atoms with Gasteiger partial charge in [0.25, 0.3) is 0 Å². The number of aromatic nitrogens is 1. The Bertz CT molecular complexity index is 1820. The maximum Gasteiger partial charge on any atom is 0.338 e. The molecular formula is C32H21Cl2N3O6S. The average molecular weight is 647 g/mol. The third kappa shape index (κ3) is 6.60. The number of methoxy groups -OCH3 is 1. The zero-order chi connectivity index (χ0) is 31.4. The topological polar surface area (TPSA) is 127 Å². The van der Waals surface area contributed by atoms with Gasteiger partial charge in [-0.1, -0.05) is 41.0 Å². The van der Waals surface area contributed by atoms with Gasteiger partial charge in [-0.05, 0) is 72.8 Å².